The highest BCUT2D eigenvalue weighted by atomic mass is 31.2. The van der Waals surface area contributed by atoms with E-state index in [9.17, 15) is 4.57 Å². The summed E-state index contributed by atoms with van der Waals surface area (Å²) in [5.74, 6) is 0.706. The summed E-state index contributed by atoms with van der Waals surface area (Å²) < 4.78 is 32.5. The molecule has 1 fully saturated rings. The SMILES string of the molecule is CCC1CC1(Cn1cnc2c(N)ncnc21)OCP(=O)(OC(C)C)OC(C)C. The monoisotopic (exact) mass is 411 g/mol. The maximum absolute atomic E-state index is 13.1. The molecule has 2 aromatic heterocycles. The van der Waals surface area contributed by atoms with Gasteiger partial charge in [0, 0.05) is 0 Å². The first-order valence-corrected chi connectivity index (χ1v) is 11.4. The van der Waals surface area contributed by atoms with Gasteiger partial charge in [-0.1, -0.05) is 13.3 Å². The molecule has 2 atom stereocenters. The van der Waals surface area contributed by atoms with Crippen molar-refractivity contribution in [3.05, 3.63) is 12.7 Å². The van der Waals surface area contributed by atoms with Gasteiger partial charge in [-0.15, -0.1) is 0 Å². The van der Waals surface area contributed by atoms with Crippen LogP contribution in [-0.2, 0) is 24.9 Å². The molecule has 2 N–H and O–H groups in total. The van der Waals surface area contributed by atoms with E-state index >= 15 is 0 Å². The molecule has 1 saturated carbocycles. The molecule has 3 rings (SSSR count). The number of ether oxygens (including phenoxy) is 1. The van der Waals surface area contributed by atoms with E-state index in [0.717, 1.165) is 12.8 Å². The third-order valence-corrected chi connectivity index (χ3v) is 6.72. The molecular weight excluding hydrogens is 381 g/mol. The quantitative estimate of drug-likeness (QED) is 0.590. The van der Waals surface area contributed by atoms with Crippen LogP contribution in [0, 0.1) is 5.92 Å². The second-order valence-corrected chi connectivity index (χ2v) is 9.77. The predicted molar refractivity (Wildman–Crippen MR) is 107 cm³/mol. The van der Waals surface area contributed by atoms with Gasteiger partial charge in [-0.3, -0.25) is 4.57 Å². The molecule has 1 aliphatic carbocycles. The van der Waals surface area contributed by atoms with Crippen molar-refractivity contribution in [1.82, 2.24) is 19.5 Å². The third kappa shape index (κ3) is 4.54. The first-order valence-electron chi connectivity index (χ1n) is 9.69. The van der Waals surface area contributed by atoms with Crippen LogP contribution in [-0.4, -0.2) is 43.7 Å². The normalized spacial score (nSPS) is 22.5. The number of anilines is 1. The molecule has 0 aromatic carbocycles. The zero-order valence-electron chi connectivity index (χ0n) is 17.2. The molecule has 156 valence electrons. The zero-order chi connectivity index (χ0) is 20.5. The van der Waals surface area contributed by atoms with Crippen LogP contribution in [0.3, 0.4) is 0 Å². The molecule has 28 heavy (non-hydrogen) atoms. The fraction of sp³-hybridized carbons (Fsp3) is 0.722. The summed E-state index contributed by atoms with van der Waals surface area (Å²) in [4.78, 5) is 12.6. The number of aromatic nitrogens is 4. The van der Waals surface area contributed by atoms with Gasteiger partial charge in [-0.2, -0.15) is 0 Å². The molecule has 9 nitrogen and oxygen atoms in total. The van der Waals surface area contributed by atoms with Gasteiger partial charge in [-0.05, 0) is 40.0 Å². The van der Waals surface area contributed by atoms with E-state index in [1.807, 2.05) is 32.3 Å². The minimum Gasteiger partial charge on any atom is -0.382 e. The highest BCUT2D eigenvalue weighted by Gasteiger charge is 2.56. The maximum Gasteiger partial charge on any atom is 0.356 e. The minimum absolute atomic E-state index is 0.0797. The average Bonchev–Trinajstić information content (AvgIpc) is 3.14. The van der Waals surface area contributed by atoms with Crippen molar-refractivity contribution in [1.29, 1.82) is 0 Å². The van der Waals surface area contributed by atoms with Crippen LogP contribution < -0.4 is 5.73 Å². The summed E-state index contributed by atoms with van der Waals surface area (Å²) >= 11 is 0. The smallest absolute Gasteiger partial charge is 0.356 e. The molecule has 0 spiro atoms. The molecule has 0 aliphatic heterocycles. The summed E-state index contributed by atoms with van der Waals surface area (Å²) in [5.41, 5.74) is 6.67. The number of nitrogens with zero attached hydrogens (tertiary/aromatic N) is 4. The van der Waals surface area contributed by atoms with E-state index in [-0.39, 0.29) is 18.6 Å². The van der Waals surface area contributed by atoms with Crippen LogP contribution in [0.25, 0.3) is 11.2 Å². The molecule has 0 radical (unpaired) electrons. The van der Waals surface area contributed by atoms with Gasteiger partial charge >= 0.3 is 7.60 Å². The lowest BCUT2D eigenvalue weighted by atomic mass is 10.2. The van der Waals surface area contributed by atoms with Crippen molar-refractivity contribution in [3.63, 3.8) is 0 Å². The Balaban J connectivity index is 1.78. The number of hydrogen-bond donors (Lipinski definition) is 1. The van der Waals surface area contributed by atoms with Gasteiger partial charge in [0.25, 0.3) is 0 Å². The number of rotatable bonds is 10. The van der Waals surface area contributed by atoms with Crippen LogP contribution >= 0.6 is 7.60 Å². The number of nitrogen functional groups attached to an aromatic ring is 1. The molecule has 0 bridgehead atoms. The van der Waals surface area contributed by atoms with Crippen molar-refractivity contribution < 1.29 is 18.3 Å². The summed E-state index contributed by atoms with van der Waals surface area (Å²) in [6.45, 7) is 10.00. The van der Waals surface area contributed by atoms with Crippen LogP contribution in [0.15, 0.2) is 12.7 Å². The van der Waals surface area contributed by atoms with Gasteiger partial charge in [-0.25, -0.2) is 15.0 Å². The Hall–Kier alpha value is -1.54. The second-order valence-electron chi connectivity index (χ2n) is 7.87. The van der Waals surface area contributed by atoms with Gasteiger partial charge in [0.2, 0.25) is 0 Å². The van der Waals surface area contributed by atoms with Crippen LogP contribution in [0.2, 0.25) is 0 Å². The van der Waals surface area contributed by atoms with Crippen LogP contribution in [0.5, 0.6) is 0 Å². The van der Waals surface area contributed by atoms with E-state index in [2.05, 4.69) is 21.9 Å². The van der Waals surface area contributed by atoms with Crippen molar-refractivity contribution >= 4 is 24.6 Å². The molecule has 0 saturated heterocycles. The molecule has 0 amide bonds. The Morgan fingerprint density at radius 3 is 2.50 bits per heavy atom. The van der Waals surface area contributed by atoms with Gasteiger partial charge < -0.3 is 24.1 Å². The fourth-order valence-corrected chi connectivity index (χ4v) is 5.40. The van der Waals surface area contributed by atoms with E-state index in [0.29, 0.717) is 29.4 Å². The number of nitrogens with two attached hydrogens (primary N) is 1. The van der Waals surface area contributed by atoms with Crippen molar-refractivity contribution in [2.24, 2.45) is 5.92 Å². The first kappa shape index (κ1) is 21.2. The molecule has 2 unspecified atom stereocenters. The Labute approximate surface area is 165 Å². The van der Waals surface area contributed by atoms with Crippen molar-refractivity contribution in [2.75, 3.05) is 12.1 Å². The van der Waals surface area contributed by atoms with Crippen molar-refractivity contribution in [2.45, 2.75) is 71.8 Å². The maximum atomic E-state index is 13.1. The molecular formula is C18H30N5O4P. The standard InChI is InChI=1S/C18H30N5O4P/c1-6-14-7-18(14,25-11-28(24,26-12(2)3)27-13(4)5)8-23-10-22-15-16(19)20-9-21-17(15)23/h9-10,12-14H,6-8,11H2,1-5H3,(H2,19,20,21). The molecule has 10 heteroatoms. The van der Waals surface area contributed by atoms with Crippen molar-refractivity contribution in [3.8, 4) is 0 Å². The number of imidazole rings is 1. The molecule has 2 heterocycles. The topological polar surface area (TPSA) is 114 Å². The Bertz CT molecular complexity index is 857. The largest absolute Gasteiger partial charge is 0.382 e. The van der Waals surface area contributed by atoms with Crippen LogP contribution in [0.4, 0.5) is 5.82 Å². The lowest BCUT2D eigenvalue weighted by molar-refractivity contribution is 0.0164. The Kier molecular flexibility index (Phi) is 6.10. The minimum atomic E-state index is -3.36. The molecule has 1 aliphatic rings. The van der Waals surface area contributed by atoms with E-state index < -0.39 is 13.2 Å². The summed E-state index contributed by atoms with van der Waals surface area (Å²) in [5, 5.41) is 0. The summed E-state index contributed by atoms with van der Waals surface area (Å²) in [7, 11) is -3.36. The second kappa shape index (κ2) is 8.06. The summed E-state index contributed by atoms with van der Waals surface area (Å²) in [6.07, 6.45) is 4.43. The van der Waals surface area contributed by atoms with E-state index in [4.69, 9.17) is 19.5 Å². The first-order chi connectivity index (χ1) is 13.2. The average molecular weight is 411 g/mol. The highest BCUT2D eigenvalue weighted by molar-refractivity contribution is 7.53. The van der Waals surface area contributed by atoms with Gasteiger partial charge in [0.05, 0.1) is 30.7 Å². The van der Waals surface area contributed by atoms with Gasteiger partial charge in [0.15, 0.2) is 11.5 Å². The van der Waals surface area contributed by atoms with E-state index in [1.54, 1.807) is 6.33 Å². The number of hydrogen-bond acceptors (Lipinski definition) is 8. The zero-order valence-corrected chi connectivity index (χ0v) is 18.1. The van der Waals surface area contributed by atoms with Crippen LogP contribution in [0.1, 0.15) is 47.5 Å². The number of fused-ring (bicyclic) bond motifs is 1. The lowest BCUT2D eigenvalue weighted by Gasteiger charge is -2.26. The Morgan fingerprint density at radius 1 is 1.25 bits per heavy atom. The van der Waals surface area contributed by atoms with E-state index in [1.165, 1.54) is 6.33 Å². The molecule has 2 aromatic rings. The predicted octanol–water partition coefficient (Wildman–Crippen LogP) is 3.59. The fourth-order valence-electron chi connectivity index (χ4n) is 3.53. The third-order valence-electron chi connectivity index (χ3n) is 4.79. The summed E-state index contributed by atoms with van der Waals surface area (Å²) in [6, 6.07) is 0. The highest BCUT2D eigenvalue weighted by Crippen LogP contribution is 2.56. The lowest BCUT2D eigenvalue weighted by Crippen LogP contribution is -2.26. The Morgan fingerprint density at radius 2 is 1.93 bits per heavy atom. The van der Waals surface area contributed by atoms with Gasteiger partial charge in [0.1, 0.15) is 18.2 Å².